The molecule has 1 aliphatic rings. The molecular weight excluding hydrogens is 306 g/mol. The highest BCUT2D eigenvalue weighted by Gasteiger charge is 2.34. The van der Waals surface area contributed by atoms with Crippen LogP contribution in [0.4, 0.5) is 4.39 Å². The molecule has 0 radical (unpaired) electrons. The molecule has 1 fully saturated rings. The Morgan fingerprint density at radius 2 is 2.06 bits per heavy atom. The Hall–Kier alpha value is -0.280. The highest BCUT2D eigenvalue weighted by Crippen LogP contribution is 2.40. The van der Waals surface area contributed by atoms with Gasteiger partial charge < -0.3 is 4.74 Å². The summed E-state index contributed by atoms with van der Waals surface area (Å²) in [5.41, 5.74) is 0.144. The lowest BCUT2D eigenvalue weighted by molar-refractivity contribution is 0.168. The fraction of sp³-hybridized carbons (Fsp3) is 0.538. The van der Waals surface area contributed by atoms with Gasteiger partial charge in [-0.25, -0.2) is 4.39 Å². The van der Waals surface area contributed by atoms with Crippen LogP contribution in [0.1, 0.15) is 25.7 Å². The summed E-state index contributed by atoms with van der Waals surface area (Å²) in [4.78, 5) is 0. The van der Waals surface area contributed by atoms with Crippen LogP contribution in [0.15, 0.2) is 18.2 Å². The van der Waals surface area contributed by atoms with Crippen LogP contribution in [0.5, 0.6) is 5.75 Å². The van der Waals surface area contributed by atoms with Crippen LogP contribution >= 0.6 is 27.5 Å². The zero-order chi connectivity index (χ0) is 12.3. The lowest BCUT2D eigenvalue weighted by Crippen LogP contribution is -2.27. The summed E-state index contributed by atoms with van der Waals surface area (Å²) in [5.74, 6) is -0.207. The van der Waals surface area contributed by atoms with Gasteiger partial charge in [0.1, 0.15) is 0 Å². The normalized spacial score (nSPS) is 18.3. The third-order valence-corrected chi connectivity index (χ3v) is 4.88. The molecule has 0 amide bonds. The molecule has 0 N–H and O–H groups in total. The van der Waals surface area contributed by atoms with Crippen LogP contribution in [0.2, 0.25) is 5.02 Å². The highest BCUT2D eigenvalue weighted by molar-refractivity contribution is 9.09. The smallest absolute Gasteiger partial charge is 0.173 e. The van der Waals surface area contributed by atoms with Crippen molar-refractivity contribution in [1.29, 1.82) is 0 Å². The molecule has 2 rings (SSSR count). The van der Waals surface area contributed by atoms with Gasteiger partial charge in [0.2, 0.25) is 0 Å². The van der Waals surface area contributed by atoms with Gasteiger partial charge in [0.25, 0.3) is 0 Å². The Morgan fingerprint density at radius 1 is 1.35 bits per heavy atom. The minimum atomic E-state index is -0.389. The molecule has 0 aliphatic heterocycles. The van der Waals surface area contributed by atoms with Crippen molar-refractivity contribution in [3.05, 3.63) is 29.0 Å². The number of para-hydroxylation sites is 1. The lowest BCUT2D eigenvalue weighted by Gasteiger charge is -2.26. The van der Waals surface area contributed by atoms with E-state index in [4.69, 9.17) is 16.3 Å². The number of alkyl halides is 1. The summed E-state index contributed by atoms with van der Waals surface area (Å²) < 4.78 is 19.1. The van der Waals surface area contributed by atoms with Crippen LogP contribution in [-0.4, -0.2) is 11.9 Å². The topological polar surface area (TPSA) is 9.23 Å². The van der Waals surface area contributed by atoms with Crippen LogP contribution in [0.25, 0.3) is 0 Å². The van der Waals surface area contributed by atoms with E-state index in [0.717, 1.165) is 18.2 Å². The molecule has 1 nitrogen and oxygen atoms in total. The van der Waals surface area contributed by atoms with E-state index in [1.165, 1.54) is 18.9 Å². The molecule has 0 aromatic heterocycles. The first kappa shape index (κ1) is 13.2. The third-order valence-electron chi connectivity index (χ3n) is 3.39. The fourth-order valence-electron chi connectivity index (χ4n) is 2.29. The van der Waals surface area contributed by atoms with Crippen molar-refractivity contribution in [2.45, 2.75) is 25.7 Å². The summed E-state index contributed by atoms with van der Waals surface area (Å²) in [6, 6.07) is 4.60. The van der Waals surface area contributed by atoms with E-state index < -0.39 is 0 Å². The van der Waals surface area contributed by atoms with Gasteiger partial charge in [0.05, 0.1) is 11.6 Å². The molecule has 0 spiro atoms. The highest BCUT2D eigenvalue weighted by atomic mass is 79.9. The maximum atomic E-state index is 13.5. The van der Waals surface area contributed by atoms with Crippen LogP contribution in [0.3, 0.4) is 0 Å². The lowest BCUT2D eigenvalue weighted by atomic mass is 9.90. The van der Waals surface area contributed by atoms with Gasteiger partial charge in [0, 0.05) is 10.7 Å². The summed E-state index contributed by atoms with van der Waals surface area (Å²) in [5, 5.41) is 1.24. The Morgan fingerprint density at radius 3 is 2.65 bits per heavy atom. The molecule has 0 bridgehead atoms. The minimum absolute atomic E-state index is 0.144. The Bertz CT molecular complexity index is 371. The largest absolute Gasteiger partial charge is 0.488 e. The van der Waals surface area contributed by atoms with Crippen molar-refractivity contribution < 1.29 is 9.13 Å². The number of ether oxygens (including phenoxy) is 1. The second-order valence-corrected chi connectivity index (χ2v) is 5.65. The average Bonchev–Trinajstić information content (AvgIpc) is 2.78. The monoisotopic (exact) mass is 320 g/mol. The van der Waals surface area contributed by atoms with Crippen molar-refractivity contribution >= 4 is 27.5 Å². The van der Waals surface area contributed by atoms with Gasteiger partial charge in [-0.1, -0.05) is 46.4 Å². The number of halogens is 3. The number of benzene rings is 1. The Balaban J connectivity index is 2.06. The van der Waals surface area contributed by atoms with E-state index in [9.17, 15) is 4.39 Å². The number of hydrogen-bond acceptors (Lipinski definition) is 1. The Kier molecular flexibility index (Phi) is 4.31. The first-order valence-corrected chi connectivity index (χ1v) is 7.30. The molecule has 1 aromatic rings. The number of hydrogen-bond donors (Lipinski definition) is 0. The van der Waals surface area contributed by atoms with Crippen molar-refractivity contribution in [2.24, 2.45) is 5.41 Å². The fourth-order valence-corrected chi connectivity index (χ4v) is 3.23. The third kappa shape index (κ3) is 2.94. The summed E-state index contributed by atoms with van der Waals surface area (Å²) in [6.07, 6.45) is 4.70. The van der Waals surface area contributed by atoms with E-state index >= 15 is 0 Å². The first-order chi connectivity index (χ1) is 8.17. The van der Waals surface area contributed by atoms with Gasteiger partial charge in [-0.05, 0) is 25.0 Å². The quantitative estimate of drug-likeness (QED) is 0.723. The van der Waals surface area contributed by atoms with E-state index in [0.29, 0.717) is 11.6 Å². The summed E-state index contributed by atoms with van der Waals surface area (Å²) in [7, 11) is 0. The van der Waals surface area contributed by atoms with Gasteiger partial charge in [-0.3, -0.25) is 0 Å². The number of rotatable bonds is 4. The van der Waals surface area contributed by atoms with E-state index in [1.807, 2.05) is 0 Å². The first-order valence-electron chi connectivity index (χ1n) is 5.80. The maximum Gasteiger partial charge on any atom is 0.173 e. The predicted octanol–water partition coefficient (Wildman–Crippen LogP) is 4.81. The molecule has 94 valence electrons. The predicted molar refractivity (Wildman–Crippen MR) is 71.6 cm³/mol. The van der Waals surface area contributed by atoms with Crippen LogP contribution < -0.4 is 4.74 Å². The second-order valence-electron chi connectivity index (χ2n) is 4.68. The molecule has 0 unspecified atom stereocenters. The molecule has 0 heterocycles. The second kappa shape index (κ2) is 5.57. The van der Waals surface area contributed by atoms with Gasteiger partial charge in [0.15, 0.2) is 11.6 Å². The minimum Gasteiger partial charge on any atom is -0.488 e. The van der Waals surface area contributed by atoms with Crippen LogP contribution in [-0.2, 0) is 0 Å². The summed E-state index contributed by atoms with van der Waals surface area (Å²) >= 11 is 9.46. The van der Waals surface area contributed by atoms with Gasteiger partial charge >= 0.3 is 0 Å². The molecule has 0 atom stereocenters. The molecular formula is C13H15BrClFO. The SMILES string of the molecule is Fc1cccc(Cl)c1OCC1(CBr)CCCC1. The van der Waals surface area contributed by atoms with Gasteiger partial charge in [-0.15, -0.1) is 0 Å². The van der Waals surface area contributed by atoms with E-state index in [1.54, 1.807) is 12.1 Å². The molecule has 1 aliphatic carbocycles. The zero-order valence-electron chi connectivity index (χ0n) is 9.52. The van der Waals surface area contributed by atoms with E-state index in [2.05, 4.69) is 15.9 Å². The summed E-state index contributed by atoms with van der Waals surface area (Å²) in [6.45, 7) is 0.527. The van der Waals surface area contributed by atoms with Crippen LogP contribution in [0, 0.1) is 11.2 Å². The van der Waals surface area contributed by atoms with Crippen molar-refractivity contribution in [3.63, 3.8) is 0 Å². The molecule has 1 saturated carbocycles. The van der Waals surface area contributed by atoms with Gasteiger partial charge in [-0.2, -0.15) is 0 Å². The van der Waals surface area contributed by atoms with Crippen molar-refractivity contribution in [3.8, 4) is 5.75 Å². The van der Waals surface area contributed by atoms with E-state index in [-0.39, 0.29) is 17.0 Å². The molecule has 4 heteroatoms. The van der Waals surface area contributed by atoms with Crippen molar-refractivity contribution in [1.82, 2.24) is 0 Å². The standard InChI is InChI=1S/C13H15BrClFO/c14-8-13(6-1-2-7-13)9-17-12-10(15)4-3-5-11(12)16/h3-5H,1-2,6-9H2. The maximum absolute atomic E-state index is 13.5. The Labute approximate surface area is 114 Å². The van der Waals surface area contributed by atoms with Crippen molar-refractivity contribution in [2.75, 3.05) is 11.9 Å². The zero-order valence-corrected chi connectivity index (χ0v) is 11.9. The molecule has 17 heavy (non-hydrogen) atoms. The molecule has 0 saturated heterocycles. The molecule has 1 aromatic carbocycles. The average molecular weight is 322 g/mol.